The summed E-state index contributed by atoms with van der Waals surface area (Å²) in [5.41, 5.74) is 5.02. The van der Waals surface area contributed by atoms with Gasteiger partial charge in [-0.3, -0.25) is 14.5 Å². The fraction of sp³-hybridized carbons (Fsp3) is 0.303. The van der Waals surface area contributed by atoms with E-state index < -0.39 is 0 Å². The molecule has 0 atom stereocenters. The highest BCUT2D eigenvalue weighted by Gasteiger charge is 2.31. The summed E-state index contributed by atoms with van der Waals surface area (Å²) < 4.78 is 1.89. The molecule has 0 aliphatic carbocycles. The van der Waals surface area contributed by atoms with E-state index in [4.69, 9.17) is 4.98 Å². The number of amides is 2. The van der Waals surface area contributed by atoms with Crippen LogP contribution in [0.25, 0.3) is 22.5 Å². The van der Waals surface area contributed by atoms with Crippen LogP contribution < -0.4 is 0 Å². The third kappa shape index (κ3) is 5.42. The minimum absolute atomic E-state index is 0.0550. The van der Waals surface area contributed by atoms with Crippen molar-refractivity contribution < 1.29 is 9.59 Å². The van der Waals surface area contributed by atoms with Crippen LogP contribution in [0, 0.1) is 0 Å². The standard InChI is InChI=1S/C33H35N5O2/c1-35-16-8-13-31(35)33(40)37-17-14-28(15-18-37)36-19-21-38(22-20-36)32(39)27-23-29(25-9-4-2-5-10-25)34-30(24-27)26-11-6-3-7-12-26/h2-13,16,23-24,28H,14-15,17-22H2,1H3. The fourth-order valence-electron chi connectivity index (χ4n) is 5.92. The topological polar surface area (TPSA) is 61.7 Å². The first-order chi connectivity index (χ1) is 19.6. The van der Waals surface area contributed by atoms with E-state index in [1.165, 1.54) is 0 Å². The Labute approximate surface area is 235 Å². The molecule has 2 aliphatic rings. The third-order valence-electron chi connectivity index (χ3n) is 8.24. The van der Waals surface area contributed by atoms with Crippen LogP contribution in [0.3, 0.4) is 0 Å². The number of carbonyl (C=O) groups excluding carboxylic acids is 2. The molecule has 0 radical (unpaired) electrons. The van der Waals surface area contributed by atoms with Crippen LogP contribution >= 0.6 is 0 Å². The molecule has 6 rings (SSSR count). The van der Waals surface area contributed by atoms with Crippen molar-refractivity contribution in [3.8, 4) is 22.5 Å². The van der Waals surface area contributed by atoms with Gasteiger partial charge >= 0.3 is 0 Å². The molecule has 2 aromatic carbocycles. The third-order valence-corrected chi connectivity index (χ3v) is 8.24. The molecular weight excluding hydrogens is 498 g/mol. The van der Waals surface area contributed by atoms with Crippen LogP contribution in [0.5, 0.6) is 0 Å². The lowest BCUT2D eigenvalue weighted by molar-refractivity contribution is 0.0409. The lowest BCUT2D eigenvalue weighted by atomic mass is 10.0. The number of hydrogen-bond acceptors (Lipinski definition) is 4. The number of aromatic nitrogens is 2. The molecule has 0 spiro atoms. The van der Waals surface area contributed by atoms with Crippen LogP contribution in [0.2, 0.25) is 0 Å². The molecule has 2 amide bonds. The maximum Gasteiger partial charge on any atom is 0.270 e. The monoisotopic (exact) mass is 533 g/mol. The normalized spacial score (nSPS) is 16.7. The van der Waals surface area contributed by atoms with Gasteiger partial charge < -0.3 is 14.4 Å². The van der Waals surface area contributed by atoms with Crippen molar-refractivity contribution in [1.82, 2.24) is 24.3 Å². The molecule has 0 unspecified atom stereocenters. The Kier molecular flexibility index (Phi) is 7.47. The highest BCUT2D eigenvalue weighted by Crippen LogP contribution is 2.26. The molecule has 2 fully saturated rings. The summed E-state index contributed by atoms with van der Waals surface area (Å²) in [5, 5.41) is 0. The van der Waals surface area contributed by atoms with Crippen molar-refractivity contribution >= 4 is 11.8 Å². The number of likely N-dealkylation sites (tertiary alicyclic amines) is 1. The molecule has 7 heteroatoms. The Morgan fingerprint density at radius 3 is 1.75 bits per heavy atom. The average Bonchev–Trinajstić information content (AvgIpc) is 3.46. The second-order valence-corrected chi connectivity index (χ2v) is 10.7. The molecule has 204 valence electrons. The van der Waals surface area contributed by atoms with E-state index in [0.29, 0.717) is 24.7 Å². The SMILES string of the molecule is Cn1cccc1C(=O)N1CCC(N2CCN(C(=O)c3cc(-c4ccccc4)nc(-c4ccccc4)c3)CC2)CC1. The minimum atomic E-state index is 0.0550. The Morgan fingerprint density at radius 2 is 1.23 bits per heavy atom. The number of piperazine rings is 1. The van der Waals surface area contributed by atoms with Gasteiger partial charge in [-0.15, -0.1) is 0 Å². The van der Waals surface area contributed by atoms with Crippen molar-refractivity contribution in [1.29, 1.82) is 0 Å². The number of piperidine rings is 1. The average molecular weight is 534 g/mol. The van der Waals surface area contributed by atoms with Crippen molar-refractivity contribution in [3.05, 3.63) is 102 Å². The van der Waals surface area contributed by atoms with Gasteiger partial charge in [-0.2, -0.15) is 0 Å². The van der Waals surface area contributed by atoms with Crippen molar-refractivity contribution in [2.24, 2.45) is 7.05 Å². The summed E-state index contributed by atoms with van der Waals surface area (Å²) in [6, 6.07) is 28.2. The van der Waals surface area contributed by atoms with Gasteiger partial charge in [0.2, 0.25) is 0 Å². The van der Waals surface area contributed by atoms with Crippen LogP contribution in [-0.2, 0) is 7.05 Å². The highest BCUT2D eigenvalue weighted by molar-refractivity contribution is 5.96. The molecule has 4 heterocycles. The molecule has 0 N–H and O–H groups in total. The predicted octanol–water partition coefficient (Wildman–Crippen LogP) is 4.82. The Morgan fingerprint density at radius 1 is 0.675 bits per heavy atom. The van der Waals surface area contributed by atoms with Crippen molar-refractivity contribution in [2.75, 3.05) is 39.3 Å². The van der Waals surface area contributed by atoms with E-state index in [1.807, 2.05) is 113 Å². The Bertz CT molecular complexity index is 1410. The molecule has 0 bridgehead atoms. The first-order valence-corrected chi connectivity index (χ1v) is 14.1. The van der Waals surface area contributed by atoms with Gasteiger partial charge in [0.05, 0.1) is 11.4 Å². The largest absolute Gasteiger partial charge is 0.347 e. The van der Waals surface area contributed by atoms with E-state index in [1.54, 1.807) is 0 Å². The molecule has 2 aliphatic heterocycles. The van der Waals surface area contributed by atoms with E-state index in [9.17, 15) is 9.59 Å². The van der Waals surface area contributed by atoms with Gasteiger partial charge in [-0.25, -0.2) is 4.98 Å². The smallest absolute Gasteiger partial charge is 0.270 e. The van der Waals surface area contributed by atoms with Crippen molar-refractivity contribution in [2.45, 2.75) is 18.9 Å². The number of rotatable bonds is 5. The minimum Gasteiger partial charge on any atom is -0.347 e. The molecule has 4 aromatic rings. The summed E-state index contributed by atoms with van der Waals surface area (Å²) in [5.74, 6) is 0.169. The van der Waals surface area contributed by atoms with Crippen LogP contribution in [0.4, 0.5) is 0 Å². The van der Waals surface area contributed by atoms with Crippen molar-refractivity contribution in [3.63, 3.8) is 0 Å². The van der Waals surface area contributed by atoms with E-state index in [2.05, 4.69) is 4.90 Å². The van der Waals surface area contributed by atoms with Crippen LogP contribution in [0.15, 0.2) is 91.1 Å². The predicted molar refractivity (Wildman–Crippen MR) is 157 cm³/mol. The van der Waals surface area contributed by atoms with E-state index >= 15 is 0 Å². The molecule has 40 heavy (non-hydrogen) atoms. The summed E-state index contributed by atoms with van der Waals surface area (Å²) in [4.78, 5) is 38.0. The zero-order valence-corrected chi connectivity index (χ0v) is 22.9. The van der Waals surface area contributed by atoms with Gasteiger partial charge in [0.1, 0.15) is 5.69 Å². The molecule has 0 saturated carbocycles. The number of nitrogens with zero attached hydrogens (tertiary/aromatic N) is 5. The maximum atomic E-state index is 13.7. The summed E-state index contributed by atoms with van der Waals surface area (Å²) >= 11 is 0. The second-order valence-electron chi connectivity index (χ2n) is 10.7. The number of pyridine rings is 1. The first kappa shape index (κ1) is 26.0. The molecule has 2 saturated heterocycles. The highest BCUT2D eigenvalue weighted by atomic mass is 16.2. The van der Waals surface area contributed by atoms with Gasteiger partial charge in [-0.05, 0) is 37.1 Å². The quantitative estimate of drug-likeness (QED) is 0.369. The fourth-order valence-corrected chi connectivity index (χ4v) is 5.92. The zero-order valence-electron chi connectivity index (χ0n) is 22.9. The number of carbonyl (C=O) groups is 2. The molecule has 7 nitrogen and oxygen atoms in total. The van der Waals surface area contributed by atoms with Crippen LogP contribution in [0.1, 0.15) is 33.7 Å². The molecule has 2 aromatic heterocycles. The zero-order chi connectivity index (χ0) is 27.5. The van der Waals surface area contributed by atoms with E-state index in [-0.39, 0.29) is 11.8 Å². The number of hydrogen-bond donors (Lipinski definition) is 0. The Balaban J connectivity index is 1.11. The molecular formula is C33H35N5O2. The van der Waals surface area contributed by atoms with Gasteiger partial charge in [0, 0.05) is 75.2 Å². The summed E-state index contributed by atoms with van der Waals surface area (Å²) in [6.07, 6.45) is 3.85. The number of benzene rings is 2. The number of aryl methyl sites for hydroxylation is 1. The Hall–Kier alpha value is -4.23. The van der Waals surface area contributed by atoms with E-state index in [0.717, 1.165) is 67.2 Å². The van der Waals surface area contributed by atoms with Gasteiger partial charge in [0.25, 0.3) is 11.8 Å². The second kappa shape index (κ2) is 11.5. The lowest BCUT2D eigenvalue weighted by Crippen LogP contribution is -2.54. The van der Waals surface area contributed by atoms with Crippen LogP contribution in [-0.4, -0.2) is 81.4 Å². The lowest BCUT2D eigenvalue weighted by Gasteiger charge is -2.42. The summed E-state index contributed by atoms with van der Waals surface area (Å²) in [7, 11) is 1.91. The van der Waals surface area contributed by atoms with Gasteiger partial charge in [-0.1, -0.05) is 60.7 Å². The summed E-state index contributed by atoms with van der Waals surface area (Å²) in [6.45, 7) is 4.65. The maximum absolute atomic E-state index is 13.7. The first-order valence-electron chi connectivity index (χ1n) is 14.1. The van der Waals surface area contributed by atoms with Gasteiger partial charge in [0.15, 0.2) is 0 Å².